The van der Waals surface area contributed by atoms with E-state index in [2.05, 4.69) is 22.4 Å². The van der Waals surface area contributed by atoms with Crippen molar-refractivity contribution in [3.8, 4) is 0 Å². The molecular formula is C10H8NS. The van der Waals surface area contributed by atoms with Gasteiger partial charge in [-0.2, -0.15) is 0 Å². The Hall–Kier alpha value is -1.15. The monoisotopic (exact) mass is 174 g/mol. The van der Waals surface area contributed by atoms with E-state index in [4.69, 9.17) is 12.2 Å². The molecule has 0 amide bonds. The minimum Gasteiger partial charge on any atom is -0.344 e. The quantitative estimate of drug-likeness (QED) is 0.560. The zero-order valence-corrected chi connectivity index (χ0v) is 7.34. The van der Waals surface area contributed by atoms with Crippen molar-refractivity contribution in [2.24, 2.45) is 0 Å². The second-order valence-electron chi connectivity index (χ2n) is 2.66. The fourth-order valence-corrected chi connectivity index (χ4v) is 1.50. The molecule has 12 heavy (non-hydrogen) atoms. The molecule has 0 fully saturated rings. The molecule has 0 spiro atoms. The zero-order chi connectivity index (χ0) is 8.39. The van der Waals surface area contributed by atoms with Crippen molar-refractivity contribution in [2.75, 3.05) is 6.54 Å². The Labute approximate surface area is 77.4 Å². The Balaban J connectivity index is 2.41. The van der Waals surface area contributed by atoms with E-state index in [1.54, 1.807) is 0 Å². The molecule has 2 aliphatic heterocycles. The Morgan fingerprint density at radius 1 is 1.33 bits per heavy atom. The van der Waals surface area contributed by atoms with E-state index >= 15 is 0 Å². The Morgan fingerprint density at radius 3 is 3.08 bits per heavy atom. The lowest BCUT2D eigenvalue weighted by Crippen LogP contribution is -2.22. The van der Waals surface area contributed by atoms with Gasteiger partial charge in [0.1, 0.15) is 0 Å². The lowest BCUT2D eigenvalue weighted by Gasteiger charge is -2.26. The molecule has 0 aromatic carbocycles. The minimum absolute atomic E-state index is 0.927. The van der Waals surface area contributed by atoms with E-state index in [0.29, 0.717) is 0 Å². The molecule has 1 radical (unpaired) electrons. The van der Waals surface area contributed by atoms with Gasteiger partial charge < -0.3 is 4.90 Å². The average Bonchev–Trinajstić information content (AvgIpc) is 2.17. The SMILES string of the molecule is S=[C]C1=CC=CN2CC=CC=C12. The summed E-state index contributed by atoms with van der Waals surface area (Å²) in [5.74, 6) is 0. The largest absolute Gasteiger partial charge is 0.344 e. The predicted molar refractivity (Wildman–Crippen MR) is 53.8 cm³/mol. The lowest BCUT2D eigenvalue weighted by atomic mass is 10.1. The predicted octanol–water partition coefficient (Wildman–Crippen LogP) is 2.07. The third-order valence-corrected chi connectivity index (χ3v) is 2.14. The van der Waals surface area contributed by atoms with Gasteiger partial charge >= 0.3 is 0 Å². The van der Waals surface area contributed by atoms with E-state index in [9.17, 15) is 0 Å². The van der Waals surface area contributed by atoms with Crippen LogP contribution in [0.15, 0.2) is 47.9 Å². The van der Waals surface area contributed by atoms with Crippen LogP contribution in [0.3, 0.4) is 0 Å². The van der Waals surface area contributed by atoms with Gasteiger partial charge in [-0.05, 0) is 18.2 Å². The fourth-order valence-electron chi connectivity index (χ4n) is 1.33. The van der Waals surface area contributed by atoms with Gasteiger partial charge in [-0.25, -0.2) is 0 Å². The van der Waals surface area contributed by atoms with Crippen LogP contribution in [0.2, 0.25) is 0 Å². The first kappa shape index (κ1) is 7.50. The van der Waals surface area contributed by atoms with Crippen molar-refractivity contribution in [1.82, 2.24) is 4.90 Å². The summed E-state index contributed by atoms with van der Waals surface area (Å²) >= 11 is 4.80. The summed E-state index contributed by atoms with van der Waals surface area (Å²) in [6.45, 7) is 0.927. The van der Waals surface area contributed by atoms with Gasteiger partial charge in [0.25, 0.3) is 0 Å². The van der Waals surface area contributed by atoms with E-state index in [1.807, 2.05) is 24.4 Å². The maximum atomic E-state index is 4.80. The molecule has 0 saturated carbocycles. The highest BCUT2D eigenvalue weighted by molar-refractivity contribution is 7.79. The molecule has 0 aromatic heterocycles. The first-order chi connectivity index (χ1) is 5.92. The molecule has 2 heteroatoms. The molecule has 0 N–H and O–H groups in total. The van der Waals surface area contributed by atoms with Crippen molar-refractivity contribution in [3.05, 3.63) is 47.9 Å². The maximum absolute atomic E-state index is 4.80. The molecule has 2 heterocycles. The number of thiocarbonyl (C=S) groups is 1. The minimum atomic E-state index is 0.927. The fraction of sp³-hybridized carbons (Fsp3) is 0.100. The van der Waals surface area contributed by atoms with Crippen molar-refractivity contribution < 1.29 is 0 Å². The van der Waals surface area contributed by atoms with Crippen LogP contribution in [-0.2, 0) is 0 Å². The molecule has 2 aliphatic rings. The Morgan fingerprint density at radius 2 is 2.25 bits per heavy atom. The second kappa shape index (κ2) is 3.07. The first-order valence-electron chi connectivity index (χ1n) is 3.82. The number of hydrogen-bond acceptors (Lipinski definition) is 2. The second-order valence-corrected chi connectivity index (χ2v) is 2.86. The smallest absolute Gasteiger partial charge is 0.0657 e. The van der Waals surface area contributed by atoms with Crippen LogP contribution in [0.5, 0.6) is 0 Å². The van der Waals surface area contributed by atoms with Gasteiger partial charge in [0.2, 0.25) is 0 Å². The van der Waals surface area contributed by atoms with Crippen LogP contribution < -0.4 is 0 Å². The zero-order valence-electron chi connectivity index (χ0n) is 6.53. The summed E-state index contributed by atoms with van der Waals surface area (Å²) in [5, 5.41) is 2.75. The van der Waals surface area contributed by atoms with Crippen LogP contribution in [0.4, 0.5) is 0 Å². The summed E-state index contributed by atoms with van der Waals surface area (Å²) in [6, 6.07) is 0. The van der Waals surface area contributed by atoms with Gasteiger partial charge in [0.05, 0.1) is 5.37 Å². The molecule has 0 bridgehead atoms. The van der Waals surface area contributed by atoms with E-state index < -0.39 is 0 Å². The molecule has 59 valence electrons. The van der Waals surface area contributed by atoms with Crippen molar-refractivity contribution >= 4 is 17.6 Å². The lowest BCUT2D eigenvalue weighted by molar-refractivity contribution is 0.520. The third-order valence-electron chi connectivity index (χ3n) is 1.92. The van der Waals surface area contributed by atoms with Crippen LogP contribution in [-0.4, -0.2) is 16.8 Å². The van der Waals surface area contributed by atoms with Gasteiger partial charge in [-0.3, -0.25) is 0 Å². The molecule has 1 nitrogen and oxygen atoms in total. The molecule has 0 atom stereocenters. The average molecular weight is 174 g/mol. The molecule has 0 aromatic rings. The van der Waals surface area contributed by atoms with Crippen molar-refractivity contribution in [1.29, 1.82) is 0 Å². The number of hydrogen-bond donors (Lipinski definition) is 0. The van der Waals surface area contributed by atoms with Crippen LogP contribution in [0, 0.1) is 0 Å². The number of fused-ring (bicyclic) bond motifs is 1. The summed E-state index contributed by atoms with van der Waals surface area (Å²) in [4.78, 5) is 2.15. The Bertz CT molecular complexity index is 321. The Kier molecular flexibility index (Phi) is 1.92. The number of rotatable bonds is 1. The van der Waals surface area contributed by atoms with Crippen LogP contribution in [0.1, 0.15) is 0 Å². The van der Waals surface area contributed by atoms with Gasteiger partial charge in [0.15, 0.2) is 0 Å². The highest BCUT2D eigenvalue weighted by Crippen LogP contribution is 2.21. The number of nitrogens with zero attached hydrogens (tertiary/aromatic N) is 1. The molecular weight excluding hydrogens is 166 g/mol. The van der Waals surface area contributed by atoms with E-state index in [0.717, 1.165) is 17.8 Å². The summed E-state index contributed by atoms with van der Waals surface area (Å²) in [5.41, 5.74) is 2.15. The van der Waals surface area contributed by atoms with Gasteiger partial charge in [-0.1, -0.05) is 24.4 Å². The maximum Gasteiger partial charge on any atom is 0.0657 e. The van der Waals surface area contributed by atoms with Crippen molar-refractivity contribution in [2.45, 2.75) is 0 Å². The third kappa shape index (κ3) is 1.14. The normalized spacial score (nSPS) is 19.8. The first-order valence-corrected chi connectivity index (χ1v) is 4.23. The van der Waals surface area contributed by atoms with Gasteiger partial charge in [0, 0.05) is 24.0 Å². The summed E-state index contributed by atoms with van der Waals surface area (Å²) in [7, 11) is 0. The highest BCUT2D eigenvalue weighted by Gasteiger charge is 2.13. The summed E-state index contributed by atoms with van der Waals surface area (Å²) in [6.07, 6.45) is 12.2. The van der Waals surface area contributed by atoms with Crippen molar-refractivity contribution in [3.63, 3.8) is 0 Å². The van der Waals surface area contributed by atoms with Crippen LogP contribution >= 0.6 is 12.2 Å². The standard InChI is InChI=1S/C10H8NS/c12-8-9-4-3-7-11-6-2-1-5-10(9)11/h1-5,7H,6H2. The van der Waals surface area contributed by atoms with E-state index in [1.165, 1.54) is 0 Å². The van der Waals surface area contributed by atoms with Gasteiger partial charge in [-0.15, -0.1) is 0 Å². The molecule has 0 unspecified atom stereocenters. The molecule has 0 aliphatic carbocycles. The highest BCUT2D eigenvalue weighted by atomic mass is 32.1. The van der Waals surface area contributed by atoms with Crippen LogP contribution in [0.25, 0.3) is 0 Å². The van der Waals surface area contributed by atoms with E-state index in [-0.39, 0.29) is 0 Å². The number of allylic oxidation sites excluding steroid dienone is 5. The molecule has 2 rings (SSSR count). The topological polar surface area (TPSA) is 3.24 Å². The summed E-state index contributed by atoms with van der Waals surface area (Å²) < 4.78 is 0. The molecule has 0 saturated heterocycles.